The largest absolute Gasteiger partial charge is 0.480 e. The molecule has 1 aliphatic heterocycles. The molecule has 1 unspecified atom stereocenters. The Hall–Kier alpha value is -2.11. The van der Waals surface area contributed by atoms with Crippen molar-refractivity contribution in [2.45, 2.75) is 44.7 Å². The van der Waals surface area contributed by atoms with E-state index in [1.54, 1.807) is 19.2 Å². The molecule has 0 bridgehead atoms. The van der Waals surface area contributed by atoms with Gasteiger partial charge in [-0.25, -0.2) is 9.78 Å². The number of carbonyl (C=O) groups excluding carboxylic acids is 1. The molecule has 0 radical (unpaired) electrons. The summed E-state index contributed by atoms with van der Waals surface area (Å²) in [5.41, 5.74) is 0.461. The first-order chi connectivity index (χ1) is 10.6. The first-order valence-electron chi connectivity index (χ1n) is 7.84. The van der Waals surface area contributed by atoms with Crippen molar-refractivity contribution in [1.82, 2.24) is 9.88 Å². The van der Waals surface area contributed by atoms with E-state index in [0.29, 0.717) is 5.56 Å². The molecule has 1 saturated carbocycles. The van der Waals surface area contributed by atoms with E-state index in [4.69, 9.17) is 0 Å². The predicted octanol–water partition coefficient (Wildman–Crippen LogP) is 1.76. The molecule has 0 aromatic carbocycles. The Bertz CT molecular complexity index is 563. The Balaban J connectivity index is 1.76. The van der Waals surface area contributed by atoms with Crippen LogP contribution >= 0.6 is 0 Å². The zero-order valence-corrected chi connectivity index (χ0v) is 12.7. The lowest BCUT2D eigenvalue weighted by Crippen LogP contribution is -2.44. The Morgan fingerprint density at radius 1 is 1.32 bits per heavy atom. The van der Waals surface area contributed by atoms with E-state index in [-0.39, 0.29) is 11.9 Å². The third-order valence-electron chi connectivity index (χ3n) is 4.37. The summed E-state index contributed by atoms with van der Waals surface area (Å²) < 4.78 is 0. The lowest BCUT2D eigenvalue weighted by Gasteiger charge is -2.26. The maximum Gasteiger partial charge on any atom is 0.326 e. The molecule has 1 aliphatic carbocycles. The molecular formula is C16H21N3O3. The zero-order valence-electron chi connectivity index (χ0n) is 12.7. The van der Waals surface area contributed by atoms with E-state index in [2.05, 4.69) is 9.88 Å². The van der Waals surface area contributed by atoms with Crippen molar-refractivity contribution in [2.24, 2.45) is 0 Å². The van der Waals surface area contributed by atoms with Crippen LogP contribution in [-0.2, 0) is 4.79 Å². The van der Waals surface area contributed by atoms with E-state index < -0.39 is 12.0 Å². The van der Waals surface area contributed by atoms with Gasteiger partial charge < -0.3 is 14.9 Å². The van der Waals surface area contributed by atoms with Crippen LogP contribution in [0.25, 0.3) is 0 Å². The summed E-state index contributed by atoms with van der Waals surface area (Å²) in [6.07, 6.45) is 5.67. The number of carboxylic acids is 1. The van der Waals surface area contributed by atoms with Crippen LogP contribution < -0.4 is 4.90 Å². The number of rotatable bonds is 5. The molecule has 1 amide bonds. The van der Waals surface area contributed by atoms with Gasteiger partial charge in [0.15, 0.2) is 0 Å². The highest BCUT2D eigenvalue weighted by Gasteiger charge is 2.38. The Kier molecular flexibility index (Phi) is 4.00. The van der Waals surface area contributed by atoms with E-state index in [0.717, 1.165) is 31.7 Å². The third-order valence-corrected chi connectivity index (χ3v) is 4.37. The zero-order chi connectivity index (χ0) is 15.7. The van der Waals surface area contributed by atoms with Crippen LogP contribution in [0.3, 0.4) is 0 Å². The summed E-state index contributed by atoms with van der Waals surface area (Å²) in [4.78, 5) is 31.9. The number of hydrogen-bond acceptors (Lipinski definition) is 4. The van der Waals surface area contributed by atoms with Gasteiger partial charge >= 0.3 is 5.97 Å². The van der Waals surface area contributed by atoms with Gasteiger partial charge in [-0.15, -0.1) is 0 Å². The summed E-state index contributed by atoms with van der Waals surface area (Å²) in [7, 11) is 0. The SMILES string of the molecule is CC(C(=O)O)N(C(=O)c1ccc(N2CCCC2)nc1)C1CC1. The summed E-state index contributed by atoms with van der Waals surface area (Å²) in [5.74, 6) is -0.321. The van der Waals surface area contributed by atoms with Crippen LogP contribution in [0.4, 0.5) is 5.82 Å². The average molecular weight is 303 g/mol. The highest BCUT2D eigenvalue weighted by atomic mass is 16.4. The molecule has 2 heterocycles. The molecule has 22 heavy (non-hydrogen) atoms. The number of nitrogens with zero attached hydrogens (tertiary/aromatic N) is 3. The maximum atomic E-state index is 12.6. The van der Waals surface area contributed by atoms with Crippen LogP contribution in [0, 0.1) is 0 Å². The fourth-order valence-corrected chi connectivity index (χ4v) is 2.92. The van der Waals surface area contributed by atoms with Crippen molar-refractivity contribution in [1.29, 1.82) is 0 Å². The highest BCUT2D eigenvalue weighted by molar-refractivity contribution is 5.96. The van der Waals surface area contributed by atoms with Gasteiger partial charge in [0.25, 0.3) is 5.91 Å². The van der Waals surface area contributed by atoms with E-state index in [1.807, 2.05) is 6.07 Å². The second-order valence-corrected chi connectivity index (χ2v) is 6.06. The monoisotopic (exact) mass is 303 g/mol. The van der Waals surface area contributed by atoms with Gasteiger partial charge in [-0.1, -0.05) is 0 Å². The van der Waals surface area contributed by atoms with Gasteiger partial charge in [0.05, 0.1) is 5.56 Å². The van der Waals surface area contributed by atoms with Gasteiger partial charge in [0, 0.05) is 25.3 Å². The van der Waals surface area contributed by atoms with Crippen LogP contribution in [0.5, 0.6) is 0 Å². The van der Waals surface area contributed by atoms with E-state index in [1.165, 1.54) is 17.7 Å². The van der Waals surface area contributed by atoms with Gasteiger partial charge in [0.1, 0.15) is 11.9 Å². The normalized spacial score (nSPS) is 19.0. The van der Waals surface area contributed by atoms with Crippen LogP contribution in [-0.4, -0.2) is 52.0 Å². The average Bonchev–Trinajstić information content (AvgIpc) is 3.19. The third kappa shape index (κ3) is 2.91. The molecule has 3 rings (SSSR count). The predicted molar refractivity (Wildman–Crippen MR) is 82.0 cm³/mol. The number of aromatic nitrogens is 1. The van der Waals surface area contributed by atoms with Gasteiger partial charge in [0.2, 0.25) is 0 Å². The molecule has 6 heteroatoms. The van der Waals surface area contributed by atoms with Crippen LogP contribution in [0.2, 0.25) is 0 Å². The molecule has 6 nitrogen and oxygen atoms in total. The fraction of sp³-hybridized carbons (Fsp3) is 0.562. The van der Waals surface area contributed by atoms with Crippen molar-refractivity contribution < 1.29 is 14.7 Å². The fourth-order valence-electron chi connectivity index (χ4n) is 2.92. The second kappa shape index (κ2) is 5.94. The number of anilines is 1. The number of pyridine rings is 1. The minimum absolute atomic E-state index is 0.0526. The minimum Gasteiger partial charge on any atom is -0.480 e. The van der Waals surface area contributed by atoms with E-state index >= 15 is 0 Å². The Morgan fingerprint density at radius 3 is 2.50 bits per heavy atom. The molecule has 0 spiro atoms. The molecule has 1 saturated heterocycles. The van der Waals surface area contributed by atoms with Crippen molar-refractivity contribution >= 4 is 17.7 Å². The van der Waals surface area contributed by atoms with Crippen molar-refractivity contribution in [3.05, 3.63) is 23.9 Å². The molecule has 2 fully saturated rings. The van der Waals surface area contributed by atoms with Crippen molar-refractivity contribution in [3.63, 3.8) is 0 Å². The molecular weight excluding hydrogens is 282 g/mol. The minimum atomic E-state index is -0.970. The topological polar surface area (TPSA) is 73.7 Å². The first-order valence-corrected chi connectivity index (χ1v) is 7.84. The summed E-state index contributed by atoms with van der Waals surface area (Å²) >= 11 is 0. The second-order valence-electron chi connectivity index (χ2n) is 6.06. The lowest BCUT2D eigenvalue weighted by atomic mass is 10.2. The lowest BCUT2D eigenvalue weighted by molar-refractivity contribution is -0.141. The number of hydrogen-bond donors (Lipinski definition) is 1. The Labute approximate surface area is 129 Å². The molecule has 1 atom stereocenters. The number of amides is 1. The van der Waals surface area contributed by atoms with Crippen LogP contribution in [0.15, 0.2) is 18.3 Å². The van der Waals surface area contributed by atoms with E-state index in [9.17, 15) is 14.7 Å². The van der Waals surface area contributed by atoms with Gasteiger partial charge in [-0.2, -0.15) is 0 Å². The standard InChI is InChI=1S/C16H21N3O3/c1-11(16(21)22)19(13-5-6-13)15(20)12-4-7-14(17-10-12)18-8-2-3-9-18/h4,7,10-11,13H,2-3,5-6,8-9H2,1H3,(H,21,22). The first kappa shape index (κ1) is 14.8. The molecule has 1 aromatic rings. The summed E-state index contributed by atoms with van der Waals surface area (Å²) in [6.45, 7) is 3.57. The number of carboxylic acid groups (broad SMARTS) is 1. The summed E-state index contributed by atoms with van der Waals surface area (Å²) in [5, 5.41) is 9.20. The molecule has 2 aliphatic rings. The van der Waals surface area contributed by atoms with Crippen LogP contribution in [0.1, 0.15) is 43.0 Å². The summed E-state index contributed by atoms with van der Waals surface area (Å²) in [6, 6.07) is 2.86. The quantitative estimate of drug-likeness (QED) is 0.897. The molecule has 1 aromatic heterocycles. The smallest absolute Gasteiger partial charge is 0.326 e. The highest BCUT2D eigenvalue weighted by Crippen LogP contribution is 2.30. The van der Waals surface area contributed by atoms with Gasteiger partial charge in [-0.3, -0.25) is 4.79 Å². The molecule has 1 N–H and O–H groups in total. The van der Waals surface area contributed by atoms with Gasteiger partial charge in [-0.05, 0) is 44.7 Å². The Morgan fingerprint density at radius 2 is 2.00 bits per heavy atom. The maximum absolute atomic E-state index is 12.6. The number of aliphatic carboxylic acids is 1. The molecule has 118 valence electrons. The van der Waals surface area contributed by atoms with Crippen molar-refractivity contribution in [3.8, 4) is 0 Å². The van der Waals surface area contributed by atoms with Crippen molar-refractivity contribution in [2.75, 3.05) is 18.0 Å². The number of carbonyl (C=O) groups is 2.